The first kappa shape index (κ1) is 27.2. The molecule has 1 aliphatic heterocycles. The van der Waals surface area contributed by atoms with Crippen LogP contribution in [0.25, 0.3) is 22.7 Å². The summed E-state index contributed by atoms with van der Waals surface area (Å²) in [4.78, 5) is 35.4. The van der Waals surface area contributed by atoms with Crippen molar-refractivity contribution in [2.75, 3.05) is 37.7 Å². The summed E-state index contributed by atoms with van der Waals surface area (Å²) in [7, 11) is 0. The number of carbonyl (C=O) groups excluding carboxylic acids is 2. The Morgan fingerprint density at radius 2 is 2.00 bits per heavy atom. The topological polar surface area (TPSA) is 112 Å². The molecule has 1 saturated heterocycles. The van der Waals surface area contributed by atoms with Gasteiger partial charge in [-0.1, -0.05) is 48.0 Å². The predicted molar refractivity (Wildman–Crippen MR) is 153 cm³/mol. The van der Waals surface area contributed by atoms with Crippen molar-refractivity contribution < 1.29 is 19.2 Å². The number of aromatic nitrogens is 2. The Hall–Kier alpha value is -3.38. The zero-order chi connectivity index (χ0) is 27.0. The van der Waals surface area contributed by atoms with E-state index < -0.39 is 0 Å². The van der Waals surface area contributed by atoms with Crippen LogP contribution in [-0.2, 0) is 4.79 Å². The maximum Gasteiger partial charge on any atom is 0.270 e. The quantitative estimate of drug-likeness (QED) is 0.275. The van der Waals surface area contributed by atoms with Crippen molar-refractivity contribution in [3.63, 3.8) is 0 Å². The van der Waals surface area contributed by atoms with Crippen LogP contribution in [0.2, 0.25) is 0 Å². The number of likely N-dealkylation sites (tertiary alicyclic amines) is 1. The minimum Gasteiger partial charge on any atom is -0.395 e. The van der Waals surface area contributed by atoms with Crippen LogP contribution in [-0.4, -0.2) is 70.8 Å². The molecular weight excluding hydrogens is 534 g/mol. The minimum atomic E-state index is -0.205. The van der Waals surface area contributed by atoms with Crippen molar-refractivity contribution >= 4 is 39.6 Å². The highest BCUT2D eigenvalue weighted by Crippen LogP contribution is 2.31. The number of benzene rings is 1. The molecule has 1 atom stereocenters. The van der Waals surface area contributed by atoms with Crippen LogP contribution in [0.4, 0.5) is 5.13 Å². The van der Waals surface area contributed by atoms with E-state index in [2.05, 4.69) is 15.4 Å². The van der Waals surface area contributed by atoms with Gasteiger partial charge in [0, 0.05) is 36.6 Å². The van der Waals surface area contributed by atoms with Gasteiger partial charge in [0.2, 0.25) is 5.91 Å². The number of hydrogen-bond donors (Lipinski definition) is 2. The number of piperidine rings is 1. The molecule has 4 aromatic rings. The summed E-state index contributed by atoms with van der Waals surface area (Å²) in [6, 6.07) is 15.1. The van der Waals surface area contributed by atoms with E-state index in [1.165, 1.54) is 22.7 Å². The van der Waals surface area contributed by atoms with Crippen molar-refractivity contribution in [2.45, 2.75) is 31.7 Å². The first-order chi connectivity index (χ1) is 19.1. The van der Waals surface area contributed by atoms with E-state index in [1.807, 2.05) is 59.3 Å². The largest absolute Gasteiger partial charge is 0.395 e. The standard InChI is InChI=1S/C28H31N5O4S2/c34-16-12-29-26(35)23-10-4-5-13-32(23)14-7-15-33(27(36)25-11-6-17-38-25)28-30-22(19-39-28)24-18-21(31-37-24)20-8-2-1-3-9-20/h1-3,6,8-9,11,17-19,23,34H,4-5,7,10,12-16H2,(H,29,35). The number of nitrogens with zero attached hydrogens (tertiary/aromatic N) is 4. The Morgan fingerprint density at radius 3 is 2.79 bits per heavy atom. The third-order valence-electron chi connectivity index (χ3n) is 6.69. The van der Waals surface area contributed by atoms with E-state index in [0.717, 1.165) is 37.1 Å². The molecule has 39 heavy (non-hydrogen) atoms. The molecule has 0 bridgehead atoms. The van der Waals surface area contributed by atoms with Crippen molar-refractivity contribution in [3.8, 4) is 22.7 Å². The summed E-state index contributed by atoms with van der Waals surface area (Å²) in [6.45, 7) is 2.18. The SMILES string of the molecule is O=C(NCCO)C1CCCCN1CCCN(C(=O)c1cccs1)c1nc(-c2cc(-c3ccccc3)no2)cs1. The molecule has 2 N–H and O–H groups in total. The minimum absolute atomic E-state index is 0.0400. The number of aliphatic hydroxyl groups is 1. The molecular formula is C28H31N5O4S2. The highest BCUT2D eigenvalue weighted by Gasteiger charge is 2.29. The molecule has 0 aliphatic carbocycles. The molecule has 1 unspecified atom stereocenters. The van der Waals surface area contributed by atoms with Gasteiger partial charge in [-0.2, -0.15) is 0 Å². The van der Waals surface area contributed by atoms with Crippen molar-refractivity contribution in [1.29, 1.82) is 0 Å². The molecule has 1 aliphatic rings. The van der Waals surface area contributed by atoms with Crippen LogP contribution >= 0.6 is 22.7 Å². The van der Waals surface area contributed by atoms with Gasteiger partial charge in [0.15, 0.2) is 10.9 Å². The first-order valence-electron chi connectivity index (χ1n) is 13.1. The van der Waals surface area contributed by atoms with Crippen LogP contribution in [0.15, 0.2) is 63.8 Å². The van der Waals surface area contributed by atoms with Crippen molar-refractivity contribution in [3.05, 3.63) is 64.2 Å². The number of carbonyl (C=O) groups is 2. The summed E-state index contributed by atoms with van der Waals surface area (Å²) in [5.74, 6) is 0.413. The molecule has 2 amide bonds. The third kappa shape index (κ3) is 6.62. The first-order valence-corrected chi connectivity index (χ1v) is 14.9. The van der Waals surface area contributed by atoms with Gasteiger partial charge in [-0.05, 0) is 37.3 Å². The number of nitrogens with one attached hydrogen (secondary N) is 1. The van der Waals surface area contributed by atoms with Crippen molar-refractivity contribution in [2.24, 2.45) is 0 Å². The van der Waals surface area contributed by atoms with Gasteiger partial charge >= 0.3 is 0 Å². The smallest absolute Gasteiger partial charge is 0.270 e. The van der Waals surface area contributed by atoms with Crippen LogP contribution in [0.1, 0.15) is 35.4 Å². The molecule has 4 heterocycles. The van der Waals surface area contributed by atoms with Crippen molar-refractivity contribution in [1.82, 2.24) is 20.4 Å². The van der Waals surface area contributed by atoms with Gasteiger partial charge in [-0.25, -0.2) is 4.98 Å². The maximum absolute atomic E-state index is 13.5. The fourth-order valence-corrected chi connectivity index (χ4v) is 6.25. The molecule has 9 nitrogen and oxygen atoms in total. The predicted octanol–water partition coefficient (Wildman–Crippen LogP) is 4.53. The normalized spacial score (nSPS) is 15.8. The van der Waals surface area contributed by atoms with E-state index in [0.29, 0.717) is 41.0 Å². The zero-order valence-corrected chi connectivity index (χ0v) is 23.1. The Bertz CT molecular complexity index is 1360. The Labute approximate surface area is 235 Å². The number of rotatable bonds is 11. The van der Waals surface area contributed by atoms with Crippen LogP contribution in [0.5, 0.6) is 0 Å². The maximum atomic E-state index is 13.5. The molecule has 11 heteroatoms. The molecule has 1 fully saturated rings. The van der Waals surface area contributed by atoms with E-state index in [9.17, 15) is 9.59 Å². The van der Waals surface area contributed by atoms with Crippen LogP contribution in [0, 0.1) is 0 Å². The number of thiazole rings is 1. The van der Waals surface area contributed by atoms with E-state index >= 15 is 0 Å². The summed E-state index contributed by atoms with van der Waals surface area (Å²) in [6.07, 6.45) is 3.54. The molecule has 0 saturated carbocycles. The second kappa shape index (κ2) is 13.1. The van der Waals surface area contributed by atoms with Crippen LogP contribution in [0.3, 0.4) is 0 Å². The summed E-state index contributed by atoms with van der Waals surface area (Å²) < 4.78 is 5.59. The van der Waals surface area contributed by atoms with Gasteiger partial charge in [-0.3, -0.25) is 19.4 Å². The second-order valence-corrected chi connectivity index (χ2v) is 11.1. The Balaban J connectivity index is 1.30. The van der Waals surface area contributed by atoms with Gasteiger partial charge in [-0.15, -0.1) is 22.7 Å². The fourth-order valence-electron chi connectivity index (χ4n) is 4.74. The zero-order valence-electron chi connectivity index (χ0n) is 21.5. The number of thiophene rings is 1. The lowest BCUT2D eigenvalue weighted by atomic mass is 10.0. The molecule has 5 rings (SSSR count). The Kier molecular flexibility index (Phi) is 9.15. The van der Waals surface area contributed by atoms with Crippen LogP contribution < -0.4 is 10.2 Å². The lowest BCUT2D eigenvalue weighted by Crippen LogP contribution is -2.50. The third-order valence-corrected chi connectivity index (χ3v) is 8.41. The summed E-state index contributed by atoms with van der Waals surface area (Å²) in [5.41, 5.74) is 2.31. The van der Waals surface area contributed by atoms with E-state index in [4.69, 9.17) is 14.6 Å². The number of aliphatic hydroxyl groups excluding tert-OH is 1. The molecule has 0 spiro atoms. The molecule has 1 aromatic carbocycles. The van der Waals surface area contributed by atoms with Gasteiger partial charge < -0.3 is 14.9 Å². The Morgan fingerprint density at radius 1 is 1.13 bits per heavy atom. The summed E-state index contributed by atoms with van der Waals surface area (Å²) >= 11 is 2.80. The highest BCUT2D eigenvalue weighted by atomic mass is 32.1. The molecule has 0 radical (unpaired) electrons. The second-order valence-electron chi connectivity index (χ2n) is 9.31. The van der Waals surface area contributed by atoms with Gasteiger partial charge in [0.25, 0.3) is 5.91 Å². The number of anilines is 1. The summed E-state index contributed by atoms with van der Waals surface area (Å²) in [5, 5.41) is 20.4. The number of amides is 2. The van der Waals surface area contributed by atoms with E-state index in [-0.39, 0.29) is 31.0 Å². The lowest BCUT2D eigenvalue weighted by molar-refractivity contribution is -0.127. The van der Waals surface area contributed by atoms with E-state index in [1.54, 1.807) is 4.90 Å². The average Bonchev–Trinajstić information content (AvgIpc) is 3.76. The average molecular weight is 566 g/mol. The fraction of sp³-hybridized carbons (Fsp3) is 0.357. The van der Waals surface area contributed by atoms with Gasteiger partial charge in [0.05, 0.1) is 17.5 Å². The number of hydrogen-bond acceptors (Lipinski definition) is 9. The molecule has 204 valence electrons. The highest BCUT2D eigenvalue weighted by molar-refractivity contribution is 7.14. The van der Waals surface area contributed by atoms with Gasteiger partial charge in [0.1, 0.15) is 11.4 Å². The molecule has 3 aromatic heterocycles. The lowest BCUT2D eigenvalue weighted by Gasteiger charge is -2.35. The monoisotopic (exact) mass is 565 g/mol.